The second-order valence-corrected chi connectivity index (χ2v) is 4.03. The van der Waals surface area contributed by atoms with Gasteiger partial charge in [0.25, 0.3) is 0 Å². The number of benzene rings is 1. The number of rotatable bonds is 8. The van der Waals surface area contributed by atoms with Crippen molar-refractivity contribution in [1.82, 2.24) is 10.6 Å². The fraction of sp³-hybridized carbons (Fsp3) is 0.286. The topological polar surface area (TPSA) is 78.4 Å². The van der Waals surface area contributed by atoms with Crippen LogP contribution < -0.4 is 10.6 Å². The Kier molecular flexibility index (Phi) is 6.32. The van der Waals surface area contributed by atoms with Crippen molar-refractivity contribution >= 4 is 11.9 Å². The number of carboxylic acid groups (broad SMARTS) is 1. The third-order valence-corrected chi connectivity index (χ3v) is 2.48. The third kappa shape index (κ3) is 5.83. The predicted molar refractivity (Wildman–Crippen MR) is 73.2 cm³/mol. The van der Waals surface area contributed by atoms with Crippen LogP contribution in [0.15, 0.2) is 36.9 Å². The van der Waals surface area contributed by atoms with Crippen LogP contribution in [0.1, 0.15) is 15.9 Å². The average Bonchev–Trinajstić information content (AvgIpc) is 2.39. The van der Waals surface area contributed by atoms with Gasteiger partial charge in [-0.2, -0.15) is 0 Å². The zero-order chi connectivity index (χ0) is 14.1. The van der Waals surface area contributed by atoms with Crippen LogP contribution in [0.4, 0.5) is 0 Å². The second kappa shape index (κ2) is 8.05. The highest BCUT2D eigenvalue weighted by atomic mass is 16.4. The van der Waals surface area contributed by atoms with Gasteiger partial charge in [0.05, 0.1) is 12.1 Å². The molecule has 0 aromatic heterocycles. The number of amides is 1. The number of aromatic carboxylic acids is 1. The summed E-state index contributed by atoms with van der Waals surface area (Å²) in [6.45, 7) is 4.87. The Morgan fingerprint density at radius 1 is 1.37 bits per heavy atom. The minimum absolute atomic E-state index is 0.0868. The van der Waals surface area contributed by atoms with Crippen LogP contribution in [0.2, 0.25) is 0 Å². The smallest absolute Gasteiger partial charge is 0.335 e. The van der Waals surface area contributed by atoms with Crippen molar-refractivity contribution in [2.75, 3.05) is 19.6 Å². The lowest BCUT2D eigenvalue weighted by Gasteiger charge is -2.06. The molecular weight excluding hydrogens is 244 g/mol. The van der Waals surface area contributed by atoms with Crippen molar-refractivity contribution in [3.05, 3.63) is 48.0 Å². The van der Waals surface area contributed by atoms with Gasteiger partial charge in [-0.1, -0.05) is 18.2 Å². The Balaban J connectivity index is 2.32. The summed E-state index contributed by atoms with van der Waals surface area (Å²) in [5.41, 5.74) is 1.15. The molecule has 5 heteroatoms. The van der Waals surface area contributed by atoms with Crippen LogP contribution in [0.25, 0.3) is 0 Å². The van der Waals surface area contributed by atoms with Crippen molar-refractivity contribution in [3.8, 4) is 0 Å². The summed E-state index contributed by atoms with van der Waals surface area (Å²) < 4.78 is 0. The van der Waals surface area contributed by atoms with E-state index in [9.17, 15) is 9.59 Å². The van der Waals surface area contributed by atoms with E-state index in [1.54, 1.807) is 24.3 Å². The Bertz CT molecular complexity index is 458. The first-order chi connectivity index (χ1) is 9.13. The van der Waals surface area contributed by atoms with E-state index in [1.807, 2.05) is 6.07 Å². The van der Waals surface area contributed by atoms with E-state index in [1.165, 1.54) is 0 Å². The van der Waals surface area contributed by atoms with E-state index < -0.39 is 5.97 Å². The summed E-state index contributed by atoms with van der Waals surface area (Å²) in [5, 5.41) is 14.5. The molecule has 0 fully saturated rings. The number of carbonyl (C=O) groups is 2. The van der Waals surface area contributed by atoms with E-state index >= 15 is 0 Å². The van der Waals surface area contributed by atoms with Crippen LogP contribution in [0.3, 0.4) is 0 Å². The molecule has 1 aromatic rings. The molecule has 1 rings (SSSR count). The Labute approximate surface area is 112 Å². The van der Waals surface area contributed by atoms with Crippen LogP contribution in [0, 0.1) is 0 Å². The molecule has 19 heavy (non-hydrogen) atoms. The maximum Gasteiger partial charge on any atom is 0.335 e. The SMILES string of the molecule is C=CCNCC(=O)NCCc1cccc(C(=O)O)c1. The van der Waals surface area contributed by atoms with Gasteiger partial charge >= 0.3 is 5.97 Å². The maximum absolute atomic E-state index is 11.4. The first kappa shape index (κ1) is 14.9. The van der Waals surface area contributed by atoms with E-state index in [2.05, 4.69) is 17.2 Å². The van der Waals surface area contributed by atoms with Crippen molar-refractivity contribution in [2.45, 2.75) is 6.42 Å². The molecule has 0 radical (unpaired) electrons. The van der Waals surface area contributed by atoms with E-state index in [4.69, 9.17) is 5.11 Å². The molecule has 5 nitrogen and oxygen atoms in total. The van der Waals surface area contributed by atoms with Gasteiger partial charge in [0.2, 0.25) is 5.91 Å². The molecule has 0 saturated carbocycles. The number of carboxylic acids is 1. The Morgan fingerprint density at radius 2 is 2.16 bits per heavy atom. The predicted octanol–water partition coefficient (Wildman–Crippen LogP) is 0.819. The number of hydrogen-bond acceptors (Lipinski definition) is 3. The van der Waals surface area contributed by atoms with Crippen LogP contribution in [0.5, 0.6) is 0 Å². The molecule has 0 bridgehead atoms. The Morgan fingerprint density at radius 3 is 2.84 bits per heavy atom. The molecule has 1 aromatic carbocycles. The lowest BCUT2D eigenvalue weighted by molar-refractivity contribution is -0.120. The van der Waals surface area contributed by atoms with Crippen molar-refractivity contribution in [3.63, 3.8) is 0 Å². The minimum Gasteiger partial charge on any atom is -0.478 e. The maximum atomic E-state index is 11.4. The van der Waals surface area contributed by atoms with Crippen LogP contribution >= 0.6 is 0 Å². The average molecular weight is 262 g/mol. The standard InChI is InChI=1S/C14H18N2O3/c1-2-7-15-10-13(17)16-8-6-11-4-3-5-12(9-11)14(18)19/h2-5,9,15H,1,6-8,10H2,(H,16,17)(H,18,19). The van der Waals surface area contributed by atoms with Crippen molar-refractivity contribution < 1.29 is 14.7 Å². The molecule has 3 N–H and O–H groups in total. The van der Waals surface area contributed by atoms with E-state index in [0.29, 0.717) is 19.5 Å². The van der Waals surface area contributed by atoms with Gasteiger partial charge in [-0.3, -0.25) is 4.79 Å². The van der Waals surface area contributed by atoms with Crippen molar-refractivity contribution in [2.24, 2.45) is 0 Å². The van der Waals surface area contributed by atoms with Gasteiger partial charge in [0.15, 0.2) is 0 Å². The van der Waals surface area contributed by atoms with Gasteiger partial charge in [-0.25, -0.2) is 4.79 Å². The normalized spacial score (nSPS) is 9.89. The molecule has 0 aliphatic carbocycles. The van der Waals surface area contributed by atoms with Crippen LogP contribution in [-0.2, 0) is 11.2 Å². The lowest BCUT2D eigenvalue weighted by atomic mass is 10.1. The minimum atomic E-state index is -0.945. The van der Waals surface area contributed by atoms with E-state index in [0.717, 1.165) is 5.56 Å². The highest BCUT2D eigenvalue weighted by Crippen LogP contribution is 2.05. The first-order valence-corrected chi connectivity index (χ1v) is 6.04. The Hall–Kier alpha value is -2.14. The van der Waals surface area contributed by atoms with Gasteiger partial charge in [0, 0.05) is 13.1 Å². The summed E-state index contributed by atoms with van der Waals surface area (Å²) in [7, 11) is 0. The van der Waals surface area contributed by atoms with Gasteiger partial charge < -0.3 is 15.7 Å². The highest BCUT2D eigenvalue weighted by molar-refractivity contribution is 5.87. The summed E-state index contributed by atoms with van der Waals surface area (Å²) in [5.74, 6) is -1.03. The summed E-state index contributed by atoms with van der Waals surface area (Å²) in [4.78, 5) is 22.2. The summed E-state index contributed by atoms with van der Waals surface area (Å²) in [6, 6.07) is 6.70. The fourth-order valence-electron chi connectivity index (χ4n) is 1.56. The molecule has 0 unspecified atom stereocenters. The van der Waals surface area contributed by atoms with E-state index in [-0.39, 0.29) is 18.0 Å². The molecule has 0 saturated heterocycles. The van der Waals surface area contributed by atoms with Gasteiger partial charge in [-0.15, -0.1) is 6.58 Å². The molecule has 102 valence electrons. The molecule has 0 heterocycles. The molecular formula is C14H18N2O3. The lowest BCUT2D eigenvalue weighted by Crippen LogP contribution is -2.34. The molecule has 0 aliphatic heterocycles. The number of nitrogens with one attached hydrogen (secondary N) is 2. The van der Waals surface area contributed by atoms with Gasteiger partial charge in [0.1, 0.15) is 0 Å². The monoisotopic (exact) mass is 262 g/mol. The van der Waals surface area contributed by atoms with Gasteiger partial charge in [-0.05, 0) is 24.1 Å². The molecule has 0 spiro atoms. The molecule has 0 atom stereocenters. The molecule has 0 aliphatic rings. The fourth-order valence-corrected chi connectivity index (χ4v) is 1.56. The zero-order valence-electron chi connectivity index (χ0n) is 10.7. The number of carbonyl (C=O) groups excluding carboxylic acids is 1. The largest absolute Gasteiger partial charge is 0.478 e. The summed E-state index contributed by atoms with van der Waals surface area (Å²) >= 11 is 0. The third-order valence-electron chi connectivity index (χ3n) is 2.48. The molecule has 1 amide bonds. The zero-order valence-corrected chi connectivity index (χ0v) is 10.7. The summed E-state index contributed by atoms with van der Waals surface area (Å²) in [6.07, 6.45) is 2.29. The highest BCUT2D eigenvalue weighted by Gasteiger charge is 2.04. The quantitative estimate of drug-likeness (QED) is 0.479. The van der Waals surface area contributed by atoms with Crippen LogP contribution in [-0.4, -0.2) is 36.6 Å². The van der Waals surface area contributed by atoms with Crippen molar-refractivity contribution in [1.29, 1.82) is 0 Å². The number of hydrogen-bond donors (Lipinski definition) is 3. The second-order valence-electron chi connectivity index (χ2n) is 4.03. The first-order valence-electron chi connectivity index (χ1n) is 6.04.